The van der Waals surface area contributed by atoms with Crippen molar-refractivity contribution in [3.05, 3.63) is 59.1 Å². The molecule has 1 aromatic heterocycles. The number of nitrogens with zero attached hydrogens (tertiary/aromatic N) is 3. The number of benzene rings is 2. The summed E-state index contributed by atoms with van der Waals surface area (Å²) in [6.45, 7) is 4.19. The molecule has 2 aromatic carbocycles. The van der Waals surface area contributed by atoms with Crippen LogP contribution < -0.4 is 14.4 Å². The first-order valence-corrected chi connectivity index (χ1v) is 13.4. The van der Waals surface area contributed by atoms with Gasteiger partial charge >= 0.3 is 0 Å². The molecule has 3 aromatic rings. The van der Waals surface area contributed by atoms with Crippen LogP contribution in [0.1, 0.15) is 32.6 Å². The van der Waals surface area contributed by atoms with Crippen LogP contribution in [0, 0.1) is 0 Å². The Bertz CT molecular complexity index is 1190. The zero-order valence-electron chi connectivity index (χ0n) is 18.5. The van der Waals surface area contributed by atoms with E-state index in [2.05, 4.69) is 35.7 Å². The highest BCUT2D eigenvalue weighted by atomic mass is 79.9. The first-order chi connectivity index (χ1) is 16.0. The molecule has 0 atom stereocenters. The lowest BCUT2D eigenvalue weighted by atomic mass is 10.1. The highest BCUT2D eigenvalue weighted by Crippen LogP contribution is 2.30. The number of hydrogen-bond acceptors (Lipinski definition) is 6. The van der Waals surface area contributed by atoms with E-state index < -0.39 is 10.0 Å². The van der Waals surface area contributed by atoms with Crippen molar-refractivity contribution >= 4 is 37.5 Å². The lowest BCUT2D eigenvalue weighted by Gasteiger charge is -2.20. The van der Waals surface area contributed by atoms with Gasteiger partial charge in [-0.2, -0.15) is 0 Å². The fourth-order valence-electron chi connectivity index (χ4n) is 3.87. The fourth-order valence-corrected chi connectivity index (χ4v) is 5.60. The predicted octanol–water partition coefficient (Wildman–Crippen LogP) is 5.49. The molecule has 4 rings (SSSR count). The normalized spacial score (nSPS) is 14.5. The maximum absolute atomic E-state index is 13.1. The molecule has 0 amide bonds. The van der Waals surface area contributed by atoms with E-state index in [1.165, 1.54) is 31.7 Å². The number of halogens is 1. The van der Waals surface area contributed by atoms with Crippen molar-refractivity contribution in [2.45, 2.75) is 37.5 Å². The van der Waals surface area contributed by atoms with Gasteiger partial charge in [0.25, 0.3) is 10.0 Å². The molecule has 1 saturated heterocycles. The second-order valence-electron chi connectivity index (χ2n) is 7.89. The molecule has 1 aliphatic rings. The van der Waals surface area contributed by atoms with Crippen molar-refractivity contribution in [2.24, 2.45) is 0 Å². The summed E-state index contributed by atoms with van der Waals surface area (Å²) >= 11 is 3.34. The lowest BCUT2D eigenvalue weighted by Crippen LogP contribution is -2.25. The van der Waals surface area contributed by atoms with E-state index in [0.29, 0.717) is 28.2 Å². The van der Waals surface area contributed by atoms with Gasteiger partial charge in [0.2, 0.25) is 0 Å². The quantitative estimate of drug-likeness (QED) is 0.434. The number of sulfonamides is 1. The maximum Gasteiger partial charge on any atom is 0.265 e. The molecule has 0 unspecified atom stereocenters. The van der Waals surface area contributed by atoms with Gasteiger partial charge in [0.1, 0.15) is 10.6 Å². The molecule has 7 nitrogen and oxygen atoms in total. The molecule has 2 heterocycles. The summed E-state index contributed by atoms with van der Waals surface area (Å²) in [4.78, 5) is 2.35. The largest absolute Gasteiger partial charge is 0.492 e. The molecule has 9 heteroatoms. The van der Waals surface area contributed by atoms with Gasteiger partial charge in [0, 0.05) is 28.8 Å². The minimum absolute atomic E-state index is 0.0747. The third-order valence-electron chi connectivity index (χ3n) is 5.49. The van der Waals surface area contributed by atoms with Gasteiger partial charge < -0.3 is 9.64 Å². The van der Waals surface area contributed by atoms with Crippen molar-refractivity contribution < 1.29 is 13.2 Å². The maximum atomic E-state index is 13.1. The van der Waals surface area contributed by atoms with Gasteiger partial charge in [-0.05, 0) is 62.2 Å². The van der Waals surface area contributed by atoms with Crippen LogP contribution in [0.3, 0.4) is 0 Å². The first-order valence-electron chi connectivity index (χ1n) is 11.1. The van der Waals surface area contributed by atoms with Crippen LogP contribution in [0.15, 0.2) is 64.0 Å². The average molecular weight is 531 g/mol. The third-order valence-corrected chi connectivity index (χ3v) is 7.38. The number of ether oxygens (including phenoxy) is 1. The lowest BCUT2D eigenvalue weighted by molar-refractivity contribution is 0.331. The minimum Gasteiger partial charge on any atom is -0.492 e. The van der Waals surface area contributed by atoms with Crippen LogP contribution in [0.2, 0.25) is 0 Å². The minimum atomic E-state index is -3.86. The molecule has 1 N–H and O–H groups in total. The van der Waals surface area contributed by atoms with Crippen LogP contribution in [0.5, 0.6) is 5.75 Å². The van der Waals surface area contributed by atoms with Crippen molar-refractivity contribution in [1.82, 2.24) is 10.2 Å². The fraction of sp³-hybridized carbons (Fsp3) is 0.333. The highest BCUT2D eigenvalue weighted by molar-refractivity contribution is 9.10. The number of anilines is 2. The molecule has 0 saturated carbocycles. The van der Waals surface area contributed by atoms with Crippen molar-refractivity contribution in [1.29, 1.82) is 0 Å². The summed E-state index contributed by atoms with van der Waals surface area (Å²) in [6.07, 6.45) is 4.87. The second-order valence-corrected chi connectivity index (χ2v) is 10.5. The SMILES string of the molecule is CCOc1ccc(Br)cc1S(=O)(=O)Nc1cccc(-c2ccc(N3CCCCCC3)nn2)c1. The zero-order valence-corrected chi connectivity index (χ0v) is 20.9. The van der Waals surface area contributed by atoms with E-state index in [1.54, 1.807) is 30.3 Å². The first kappa shape index (κ1) is 23.5. The van der Waals surface area contributed by atoms with E-state index in [-0.39, 0.29) is 4.90 Å². The summed E-state index contributed by atoms with van der Waals surface area (Å²) in [6, 6.07) is 16.0. The standard InChI is InChI=1S/C24H27BrN4O3S/c1-2-32-22-12-10-19(25)17-23(22)33(30,31)28-20-9-7-8-18(16-20)21-11-13-24(27-26-21)29-14-5-3-4-6-15-29/h7-13,16-17,28H,2-6,14-15H2,1H3. The Morgan fingerprint density at radius 2 is 1.79 bits per heavy atom. The molecule has 174 valence electrons. The molecule has 0 spiro atoms. The van der Waals surface area contributed by atoms with Crippen LogP contribution in [-0.2, 0) is 10.0 Å². The van der Waals surface area contributed by atoms with Crippen LogP contribution >= 0.6 is 15.9 Å². The molecule has 0 radical (unpaired) electrons. The number of aromatic nitrogens is 2. The Morgan fingerprint density at radius 3 is 2.48 bits per heavy atom. The average Bonchev–Trinajstić information content (AvgIpc) is 3.10. The summed E-state index contributed by atoms with van der Waals surface area (Å²) in [5, 5.41) is 8.84. The number of nitrogens with one attached hydrogen (secondary N) is 1. The van der Waals surface area contributed by atoms with E-state index in [4.69, 9.17) is 4.74 Å². The van der Waals surface area contributed by atoms with E-state index in [9.17, 15) is 8.42 Å². The van der Waals surface area contributed by atoms with E-state index in [1.807, 2.05) is 25.1 Å². The van der Waals surface area contributed by atoms with Gasteiger partial charge in [0.05, 0.1) is 12.3 Å². The van der Waals surface area contributed by atoms with Gasteiger partial charge in [0.15, 0.2) is 5.82 Å². The molecular formula is C24H27BrN4O3S. The zero-order chi connectivity index (χ0) is 23.3. The Morgan fingerprint density at radius 1 is 1.00 bits per heavy atom. The van der Waals surface area contributed by atoms with Gasteiger partial charge in [-0.15, -0.1) is 10.2 Å². The Labute approximate surface area is 203 Å². The summed E-state index contributed by atoms with van der Waals surface area (Å²) in [5.74, 6) is 1.19. The molecule has 33 heavy (non-hydrogen) atoms. The summed E-state index contributed by atoms with van der Waals surface area (Å²) in [5.41, 5.74) is 1.91. The van der Waals surface area contributed by atoms with Gasteiger partial charge in [-0.1, -0.05) is 40.9 Å². The van der Waals surface area contributed by atoms with Crippen molar-refractivity contribution in [3.63, 3.8) is 0 Å². The third kappa shape index (κ3) is 5.83. The van der Waals surface area contributed by atoms with Crippen molar-refractivity contribution in [3.8, 4) is 17.0 Å². The second kappa shape index (κ2) is 10.5. The number of hydrogen-bond donors (Lipinski definition) is 1. The van der Waals surface area contributed by atoms with Crippen molar-refractivity contribution in [2.75, 3.05) is 29.3 Å². The topological polar surface area (TPSA) is 84.4 Å². The summed E-state index contributed by atoms with van der Waals surface area (Å²) < 4.78 is 35.0. The predicted molar refractivity (Wildman–Crippen MR) is 134 cm³/mol. The van der Waals surface area contributed by atoms with Crippen LogP contribution in [-0.4, -0.2) is 38.3 Å². The Balaban J connectivity index is 1.55. The molecule has 1 aliphatic heterocycles. The molecule has 0 bridgehead atoms. The highest BCUT2D eigenvalue weighted by Gasteiger charge is 2.21. The Hall–Kier alpha value is -2.65. The summed E-state index contributed by atoms with van der Waals surface area (Å²) in [7, 11) is -3.86. The van der Waals surface area contributed by atoms with Gasteiger partial charge in [-0.3, -0.25) is 4.72 Å². The van der Waals surface area contributed by atoms with E-state index >= 15 is 0 Å². The smallest absolute Gasteiger partial charge is 0.265 e. The Kier molecular flexibility index (Phi) is 7.49. The van der Waals surface area contributed by atoms with Gasteiger partial charge in [-0.25, -0.2) is 8.42 Å². The molecule has 1 fully saturated rings. The van der Waals surface area contributed by atoms with E-state index in [0.717, 1.165) is 24.5 Å². The van der Waals surface area contributed by atoms with Crippen LogP contribution in [0.4, 0.5) is 11.5 Å². The number of rotatable bonds is 7. The molecular weight excluding hydrogens is 504 g/mol. The monoisotopic (exact) mass is 530 g/mol. The van der Waals surface area contributed by atoms with Crippen LogP contribution in [0.25, 0.3) is 11.3 Å². The molecule has 0 aliphatic carbocycles.